The summed E-state index contributed by atoms with van der Waals surface area (Å²) in [4.78, 5) is 8.89. The Kier molecular flexibility index (Phi) is 4.63. The van der Waals surface area contributed by atoms with Crippen LogP contribution < -0.4 is 9.67 Å². The van der Waals surface area contributed by atoms with E-state index >= 15 is 0 Å². The van der Waals surface area contributed by atoms with Crippen molar-refractivity contribution in [1.29, 1.82) is 0 Å². The highest BCUT2D eigenvalue weighted by atomic mass is 16.4. The SMILES string of the molecule is CC(=O)[O-].c1c[n+](C2CCCCC2)cn1C12CC3CC(CC(C3)C1)C2. The molecule has 0 spiro atoms. The highest BCUT2D eigenvalue weighted by Crippen LogP contribution is 2.58. The zero-order chi connectivity index (χ0) is 17.4. The number of hydrogen-bond acceptors (Lipinski definition) is 2. The third kappa shape index (κ3) is 3.50. The van der Waals surface area contributed by atoms with E-state index in [0.29, 0.717) is 5.54 Å². The molecule has 0 unspecified atom stereocenters. The molecule has 1 aromatic heterocycles. The van der Waals surface area contributed by atoms with Crippen molar-refractivity contribution in [3.63, 3.8) is 0 Å². The number of rotatable bonds is 2. The van der Waals surface area contributed by atoms with Crippen molar-refractivity contribution < 1.29 is 14.5 Å². The largest absolute Gasteiger partial charge is 0.550 e. The monoisotopic (exact) mass is 344 g/mol. The van der Waals surface area contributed by atoms with Crippen molar-refractivity contribution in [2.45, 2.75) is 89.1 Å². The summed E-state index contributed by atoms with van der Waals surface area (Å²) in [6.07, 6.45) is 23.4. The highest BCUT2D eigenvalue weighted by Gasteiger charge is 2.54. The van der Waals surface area contributed by atoms with Crippen LogP contribution in [0, 0.1) is 17.8 Å². The minimum atomic E-state index is -1.08. The molecule has 25 heavy (non-hydrogen) atoms. The van der Waals surface area contributed by atoms with Crippen LogP contribution in [0.3, 0.4) is 0 Å². The van der Waals surface area contributed by atoms with E-state index in [1.807, 2.05) is 0 Å². The first-order valence-corrected chi connectivity index (χ1v) is 10.3. The van der Waals surface area contributed by atoms with Gasteiger partial charge in [-0.05, 0) is 88.9 Å². The Bertz CT molecular complexity index is 576. The van der Waals surface area contributed by atoms with Gasteiger partial charge in [0.05, 0.1) is 0 Å². The maximum Gasteiger partial charge on any atom is 0.244 e. The maximum atomic E-state index is 8.89. The van der Waals surface area contributed by atoms with Crippen molar-refractivity contribution >= 4 is 5.97 Å². The van der Waals surface area contributed by atoms with Gasteiger partial charge in [-0.3, -0.25) is 0 Å². The van der Waals surface area contributed by atoms with Crippen LogP contribution in [0.5, 0.6) is 0 Å². The molecule has 4 nitrogen and oxygen atoms in total. The van der Waals surface area contributed by atoms with Crippen molar-refractivity contribution in [3.05, 3.63) is 18.7 Å². The number of carboxylic acid groups (broad SMARTS) is 1. The third-order valence-electron chi connectivity index (χ3n) is 7.21. The van der Waals surface area contributed by atoms with E-state index in [2.05, 4.69) is 27.9 Å². The maximum absolute atomic E-state index is 8.89. The molecule has 138 valence electrons. The van der Waals surface area contributed by atoms with E-state index in [4.69, 9.17) is 9.90 Å². The number of aliphatic carboxylic acids is 1. The Hall–Kier alpha value is -1.32. The lowest BCUT2D eigenvalue weighted by molar-refractivity contribution is -0.725. The molecular formula is C21H32N2O2. The van der Waals surface area contributed by atoms with Crippen LogP contribution in [0.1, 0.15) is 83.6 Å². The van der Waals surface area contributed by atoms with Gasteiger partial charge in [-0.15, -0.1) is 0 Å². The normalized spacial score (nSPS) is 36.8. The number of nitrogens with zero attached hydrogens (tertiary/aromatic N) is 2. The van der Waals surface area contributed by atoms with Gasteiger partial charge in [-0.1, -0.05) is 6.42 Å². The number of aromatic nitrogens is 2. The molecule has 0 amide bonds. The van der Waals surface area contributed by atoms with Crippen molar-refractivity contribution in [2.24, 2.45) is 17.8 Å². The fourth-order valence-electron chi connectivity index (χ4n) is 6.63. The summed E-state index contributed by atoms with van der Waals surface area (Å²) >= 11 is 0. The Morgan fingerprint density at radius 3 is 2.08 bits per heavy atom. The summed E-state index contributed by atoms with van der Waals surface area (Å²) in [5.41, 5.74) is 0.509. The molecule has 5 fully saturated rings. The van der Waals surface area contributed by atoms with E-state index in [9.17, 15) is 0 Å². The minimum absolute atomic E-state index is 0.509. The third-order valence-corrected chi connectivity index (χ3v) is 7.21. The highest BCUT2D eigenvalue weighted by molar-refractivity contribution is 5.60. The van der Waals surface area contributed by atoms with Gasteiger partial charge in [-0.25, -0.2) is 9.13 Å². The van der Waals surface area contributed by atoms with Crippen molar-refractivity contribution in [3.8, 4) is 0 Å². The average Bonchev–Trinajstić information content (AvgIpc) is 3.05. The number of carboxylic acids is 1. The molecule has 0 atom stereocenters. The fourth-order valence-corrected chi connectivity index (χ4v) is 6.63. The van der Waals surface area contributed by atoms with Gasteiger partial charge in [0.2, 0.25) is 6.33 Å². The minimum Gasteiger partial charge on any atom is -0.550 e. The molecule has 0 aromatic carbocycles. The number of carbonyl (C=O) groups excluding carboxylic acids is 1. The molecule has 0 aliphatic heterocycles. The van der Waals surface area contributed by atoms with Gasteiger partial charge >= 0.3 is 0 Å². The fraction of sp³-hybridized carbons (Fsp3) is 0.810. The van der Waals surface area contributed by atoms with Crippen LogP contribution in [0.4, 0.5) is 0 Å². The summed E-state index contributed by atoms with van der Waals surface area (Å²) in [7, 11) is 0. The van der Waals surface area contributed by atoms with Gasteiger partial charge < -0.3 is 9.90 Å². The predicted octanol–water partition coefficient (Wildman–Crippen LogP) is 2.96. The zero-order valence-corrected chi connectivity index (χ0v) is 15.5. The lowest BCUT2D eigenvalue weighted by atomic mass is 9.53. The molecule has 5 aliphatic carbocycles. The van der Waals surface area contributed by atoms with Crippen molar-refractivity contribution in [2.75, 3.05) is 0 Å². The predicted molar refractivity (Wildman–Crippen MR) is 93.6 cm³/mol. The second kappa shape index (κ2) is 6.77. The molecule has 1 heterocycles. The Labute approximate surface area is 151 Å². The van der Waals surface area contributed by atoms with Crippen molar-refractivity contribution in [1.82, 2.24) is 4.57 Å². The molecule has 4 heteroatoms. The Morgan fingerprint density at radius 2 is 1.56 bits per heavy atom. The second-order valence-corrected chi connectivity index (χ2v) is 9.19. The van der Waals surface area contributed by atoms with Crippen LogP contribution in [0.25, 0.3) is 0 Å². The Morgan fingerprint density at radius 1 is 1.04 bits per heavy atom. The molecular weight excluding hydrogens is 312 g/mol. The molecule has 1 aromatic rings. The van der Waals surface area contributed by atoms with Gasteiger partial charge in [0, 0.05) is 5.97 Å². The quantitative estimate of drug-likeness (QED) is 0.775. The summed E-state index contributed by atoms with van der Waals surface area (Å²) in [5, 5.41) is 8.89. The van der Waals surface area contributed by atoms with E-state index in [-0.39, 0.29) is 0 Å². The summed E-state index contributed by atoms with van der Waals surface area (Å²) in [6, 6.07) is 0.786. The number of carbonyl (C=O) groups is 1. The van der Waals surface area contributed by atoms with Gasteiger partial charge in [0.15, 0.2) is 0 Å². The van der Waals surface area contributed by atoms with E-state index in [1.54, 1.807) is 19.3 Å². The van der Waals surface area contributed by atoms with Crippen LogP contribution in [0.2, 0.25) is 0 Å². The molecule has 0 N–H and O–H groups in total. The molecule has 4 bridgehead atoms. The standard InChI is InChI=1S/C19H29N2.C2H4O2/c1-2-4-18(5-3-1)20-6-7-21(14-20)19-11-15-8-16(12-19)10-17(9-15)13-19;1-2(3)4/h6-7,14-18H,1-5,8-13H2;1H3,(H,3,4)/q+1;/p-1. The van der Waals surface area contributed by atoms with Crippen LogP contribution in [-0.4, -0.2) is 10.5 Å². The van der Waals surface area contributed by atoms with E-state index < -0.39 is 5.97 Å². The molecule has 6 rings (SSSR count). The zero-order valence-electron chi connectivity index (χ0n) is 15.5. The first-order valence-electron chi connectivity index (χ1n) is 10.3. The lowest BCUT2D eigenvalue weighted by Crippen LogP contribution is -2.52. The van der Waals surface area contributed by atoms with Gasteiger partial charge in [0.1, 0.15) is 24.0 Å². The topological polar surface area (TPSA) is 48.9 Å². The Balaban J connectivity index is 0.000000358. The van der Waals surface area contributed by atoms with Gasteiger partial charge in [0.25, 0.3) is 0 Å². The first-order chi connectivity index (χ1) is 12.0. The molecule has 0 saturated heterocycles. The number of imidazole rings is 1. The van der Waals surface area contributed by atoms with Gasteiger partial charge in [-0.2, -0.15) is 0 Å². The van der Waals surface area contributed by atoms with Crippen LogP contribution >= 0.6 is 0 Å². The second-order valence-electron chi connectivity index (χ2n) is 9.19. The molecule has 0 radical (unpaired) electrons. The summed E-state index contributed by atoms with van der Waals surface area (Å²) in [6.45, 7) is 0.972. The van der Waals surface area contributed by atoms with E-state index in [0.717, 1.165) is 30.7 Å². The number of hydrogen-bond donors (Lipinski definition) is 0. The lowest BCUT2D eigenvalue weighted by Gasteiger charge is -2.54. The molecule has 5 saturated carbocycles. The first kappa shape index (κ1) is 17.1. The van der Waals surface area contributed by atoms with Crippen LogP contribution in [-0.2, 0) is 10.3 Å². The smallest absolute Gasteiger partial charge is 0.244 e. The summed E-state index contributed by atoms with van der Waals surface area (Å²) in [5.74, 6) is 2.05. The van der Waals surface area contributed by atoms with Crippen LogP contribution in [0.15, 0.2) is 18.7 Å². The molecule has 5 aliphatic rings. The van der Waals surface area contributed by atoms with E-state index in [1.165, 1.54) is 51.4 Å². The average molecular weight is 344 g/mol. The summed E-state index contributed by atoms with van der Waals surface area (Å²) < 4.78 is 5.21.